The van der Waals surface area contributed by atoms with E-state index in [0.717, 1.165) is 28.9 Å². The molecule has 0 saturated carbocycles. The highest BCUT2D eigenvalue weighted by Crippen LogP contribution is 2.31. The Hall–Kier alpha value is -1.53. The molecule has 1 aliphatic rings. The Labute approximate surface area is 136 Å². The molecule has 2 heterocycles. The van der Waals surface area contributed by atoms with Crippen molar-refractivity contribution in [3.8, 4) is 5.75 Å². The Morgan fingerprint density at radius 3 is 2.96 bits per heavy atom. The molecule has 0 amide bonds. The molecule has 0 spiro atoms. The van der Waals surface area contributed by atoms with Crippen LogP contribution in [0.1, 0.15) is 32.1 Å². The first-order valence-corrected chi connectivity index (χ1v) is 9.89. The largest absolute Gasteiger partial charge is 0.490 e. The molecule has 0 bridgehead atoms. The number of hydrogen-bond acceptors (Lipinski definition) is 5. The third kappa shape index (κ3) is 3.70. The van der Waals surface area contributed by atoms with Gasteiger partial charge >= 0.3 is 0 Å². The van der Waals surface area contributed by atoms with E-state index in [1.807, 2.05) is 38.1 Å². The number of nitrogens with one attached hydrogen (secondary N) is 1. The minimum absolute atomic E-state index is 0.0279. The second kappa shape index (κ2) is 6.53. The van der Waals surface area contributed by atoms with Gasteiger partial charge in [0.1, 0.15) is 5.76 Å². The summed E-state index contributed by atoms with van der Waals surface area (Å²) in [5, 5.41) is 4.41. The normalized spacial score (nSPS) is 21.6. The van der Waals surface area contributed by atoms with E-state index in [2.05, 4.69) is 5.32 Å². The molecular weight excluding hydrogens is 314 g/mol. The zero-order valence-corrected chi connectivity index (χ0v) is 14.4. The van der Waals surface area contributed by atoms with E-state index in [4.69, 9.17) is 9.15 Å². The van der Waals surface area contributed by atoms with Gasteiger partial charge in [0.2, 0.25) is 0 Å². The highest BCUT2D eigenvalue weighted by molar-refractivity contribution is 7.91. The predicted octanol–water partition coefficient (Wildman–Crippen LogP) is 2.92. The monoisotopic (exact) mass is 337 g/mol. The fourth-order valence-electron chi connectivity index (χ4n) is 3.02. The van der Waals surface area contributed by atoms with Gasteiger partial charge in [-0.2, -0.15) is 0 Å². The van der Waals surface area contributed by atoms with E-state index in [9.17, 15) is 8.42 Å². The van der Waals surface area contributed by atoms with Crippen molar-refractivity contribution in [3.63, 3.8) is 0 Å². The maximum atomic E-state index is 11.5. The van der Waals surface area contributed by atoms with Gasteiger partial charge in [0.25, 0.3) is 0 Å². The lowest BCUT2D eigenvalue weighted by Gasteiger charge is -2.14. The maximum absolute atomic E-state index is 11.5. The highest BCUT2D eigenvalue weighted by Gasteiger charge is 2.28. The number of para-hydroxylation sites is 1. The van der Waals surface area contributed by atoms with Gasteiger partial charge in [-0.1, -0.05) is 12.1 Å². The summed E-state index contributed by atoms with van der Waals surface area (Å²) in [5.74, 6) is 2.40. The number of fused-ring (bicyclic) bond motifs is 1. The van der Waals surface area contributed by atoms with Crippen LogP contribution in [0.3, 0.4) is 0 Å². The summed E-state index contributed by atoms with van der Waals surface area (Å²) >= 11 is 0. The summed E-state index contributed by atoms with van der Waals surface area (Å²) in [6.45, 7) is 5.26. The predicted molar refractivity (Wildman–Crippen MR) is 90.6 cm³/mol. The van der Waals surface area contributed by atoms with Gasteiger partial charge in [0, 0.05) is 5.39 Å². The van der Waals surface area contributed by atoms with Crippen molar-refractivity contribution in [2.75, 3.05) is 24.7 Å². The Morgan fingerprint density at radius 2 is 2.26 bits per heavy atom. The average Bonchev–Trinajstić information content (AvgIpc) is 3.09. The smallest absolute Gasteiger partial charge is 0.176 e. The first-order valence-electron chi connectivity index (χ1n) is 8.07. The number of rotatable bonds is 6. The van der Waals surface area contributed by atoms with E-state index < -0.39 is 9.84 Å². The van der Waals surface area contributed by atoms with Crippen LogP contribution in [0.2, 0.25) is 0 Å². The molecule has 0 radical (unpaired) electrons. The molecular formula is C17H23NO4S. The van der Waals surface area contributed by atoms with Crippen molar-refractivity contribution < 1.29 is 17.6 Å². The van der Waals surface area contributed by atoms with Crippen LogP contribution in [0.5, 0.6) is 5.75 Å². The van der Waals surface area contributed by atoms with Crippen molar-refractivity contribution in [3.05, 3.63) is 30.0 Å². The van der Waals surface area contributed by atoms with E-state index >= 15 is 0 Å². The Morgan fingerprint density at radius 1 is 1.43 bits per heavy atom. The van der Waals surface area contributed by atoms with Crippen LogP contribution in [0.15, 0.2) is 28.7 Å². The Bertz CT molecular complexity index is 781. The van der Waals surface area contributed by atoms with Crippen molar-refractivity contribution in [1.29, 1.82) is 0 Å². The average molecular weight is 337 g/mol. The highest BCUT2D eigenvalue weighted by atomic mass is 32.2. The quantitative estimate of drug-likeness (QED) is 0.878. The molecule has 1 fully saturated rings. The fraction of sp³-hybridized carbons (Fsp3) is 0.529. The van der Waals surface area contributed by atoms with Crippen LogP contribution in [0.4, 0.5) is 0 Å². The number of sulfone groups is 1. The molecule has 6 heteroatoms. The summed E-state index contributed by atoms with van der Waals surface area (Å²) in [6.07, 6.45) is 0.747. The van der Waals surface area contributed by atoms with E-state index in [1.165, 1.54) is 0 Å². The molecule has 23 heavy (non-hydrogen) atoms. The van der Waals surface area contributed by atoms with Crippen LogP contribution in [-0.4, -0.2) is 33.1 Å². The third-order valence-corrected chi connectivity index (χ3v) is 6.13. The molecule has 0 aliphatic carbocycles. The van der Waals surface area contributed by atoms with Crippen LogP contribution >= 0.6 is 0 Å². The van der Waals surface area contributed by atoms with Gasteiger partial charge in [-0.05, 0) is 44.9 Å². The lowest BCUT2D eigenvalue weighted by molar-refractivity contribution is 0.335. The lowest BCUT2D eigenvalue weighted by atomic mass is 10.1. The number of hydrogen-bond donors (Lipinski definition) is 1. The minimum Gasteiger partial charge on any atom is -0.490 e. The summed E-state index contributed by atoms with van der Waals surface area (Å²) in [6, 6.07) is 7.90. The molecule has 1 aromatic heterocycles. The van der Waals surface area contributed by atoms with Crippen molar-refractivity contribution >= 4 is 20.8 Å². The number of furan rings is 1. The van der Waals surface area contributed by atoms with Gasteiger partial charge in [0.15, 0.2) is 21.2 Å². The van der Waals surface area contributed by atoms with Gasteiger partial charge < -0.3 is 14.5 Å². The number of ether oxygens (including phenoxy) is 1. The lowest BCUT2D eigenvalue weighted by Crippen LogP contribution is -2.26. The standard InChI is InChI=1S/C17H23NO4S/c1-3-21-15-6-4-5-14-9-16(22-17(14)15)12(2)18-10-13-7-8-23(19,20)11-13/h4-6,9,12-13,18H,3,7-8,10-11H2,1-2H3/t12-,13-/m0/s1. The van der Waals surface area contributed by atoms with Crippen molar-refractivity contribution in [1.82, 2.24) is 5.32 Å². The van der Waals surface area contributed by atoms with Crippen LogP contribution < -0.4 is 10.1 Å². The van der Waals surface area contributed by atoms with Crippen LogP contribution in [0.25, 0.3) is 11.0 Å². The molecule has 1 aromatic carbocycles. The molecule has 126 valence electrons. The molecule has 2 aromatic rings. The molecule has 0 unspecified atom stereocenters. The van der Waals surface area contributed by atoms with Gasteiger partial charge in [-0.15, -0.1) is 0 Å². The zero-order chi connectivity index (χ0) is 16.4. The summed E-state index contributed by atoms with van der Waals surface area (Å²) in [5.41, 5.74) is 0.765. The van der Waals surface area contributed by atoms with E-state index in [-0.39, 0.29) is 12.0 Å². The van der Waals surface area contributed by atoms with Crippen LogP contribution in [0, 0.1) is 5.92 Å². The minimum atomic E-state index is -2.82. The summed E-state index contributed by atoms with van der Waals surface area (Å²) in [7, 11) is -2.82. The Kier molecular flexibility index (Phi) is 4.64. The Balaban J connectivity index is 1.69. The van der Waals surface area contributed by atoms with E-state index in [0.29, 0.717) is 24.7 Å². The third-order valence-electron chi connectivity index (χ3n) is 4.29. The zero-order valence-electron chi connectivity index (χ0n) is 13.5. The summed E-state index contributed by atoms with van der Waals surface area (Å²) in [4.78, 5) is 0. The molecule has 1 saturated heterocycles. The molecule has 1 aliphatic heterocycles. The molecule has 2 atom stereocenters. The fourth-order valence-corrected chi connectivity index (χ4v) is 4.88. The van der Waals surface area contributed by atoms with Crippen LogP contribution in [-0.2, 0) is 9.84 Å². The molecule has 3 rings (SSSR count). The van der Waals surface area contributed by atoms with E-state index in [1.54, 1.807) is 0 Å². The first-order chi connectivity index (χ1) is 11.0. The second-order valence-electron chi connectivity index (χ2n) is 6.16. The summed E-state index contributed by atoms with van der Waals surface area (Å²) < 4.78 is 34.6. The maximum Gasteiger partial charge on any atom is 0.176 e. The van der Waals surface area contributed by atoms with Gasteiger partial charge in [-0.3, -0.25) is 0 Å². The van der Waals surface area contributed by atoms with Gasteiger partial charge in [-0.25, -0.2) is 8.42 Å². The molecule has 5 nitrogen and oxygen atoms in total. The first kappa shape index (κ1) is 16.3. The van der Waals surface area contributed by atoms with Gasteiger partial charge in [0.05, 0.1) is 24.2 Å². The van der Waals surface area contributed by atoms with Crippen molar-refractivity contribution in [2.24, 2.45) is 5.92 Å². The molecule has 1 N–H and O–H groups in total. The topological polar surface area (TPSA) is 68.5 Å². The second-order valence-corrected chi connectivity index (χ2v) is 8.38. The number of benzene rings is 1. The SMILES string of the molecule is CCOc1cccc2cc([C@H](C)NC[C@@H]3CCS(=O)(=O)C3)oc12. The van der Waals surface area contributed by atoms with Crippen molar-refractivity contribution in [2.45, 2.75) is 26.3 Å².